The first-order valence-corrected chi connectivity index (χ1v) is 6.06. The Morgan fingerprint density at radius 3 is 2.74 bits per heavy atom. The summed E-state index contributed by atoms with van der Waals surface area (Å²) in [5.74, 6) is -0.211. The van der Waals surface area contributed by atoms with E-state index < -0.39 is 4.92 Å². The van der Waals surface area contributed by atoms with Crippen LogP contribution >= 0.6 is 0 Å². The molecule has 0 saturated heterocycles. The topological polar surface area (TPSA) is 90.4 Å². The Morgan fingerprint density at radius 1 is 1.58 bits per heavy atom. The van der Waals surface area contributed by atoms with E-state index in [1.165, 1.54) is 6.07 Å². The highest BCUT2D eigenvalue weighted by molar-refractivity contribution is 5.64. The summed E-state index contributed by atoms with van der Waals surface area (Å²) in [6, 6.07) is 6.77. The maximum absolute atomic E-state index is 11.1. The molecule has 1 atom stereocenters. The number of hydrogen-bond acceptors (Lipinski definition) is 5. The lowest BCUT2D eigenvalue weighted by atomic mass is 10.1. The molecular formula is C13H17N3O3. The number of anilines is 1. The molecule has 1 aromatic rings. The quantitative estimate of drug-likeness (QED) is 0.626. The third-order valence-corrected chi connectivity index (χ3v) is 2.86. The van der Waals surface area contributed by atoms with Gasteiger partial charge in [-0.1, -0.05) is 6.07 Å². The van der Waals surface area contributed by atoms with Gasteiger partial charge in [-0.2, -0.15) is 5.26 Å². The van der Waals surface area contributed by atoms with Gasteiger partial charge >= 0.3 is 0 Å². The zero-order chi connectivity index (χ0) is 14.4. The van der Waals surface area contributed by atoms with Crippen LogP contribution in [0.15, 0.2) is 18.2 Å². The lowest BCUT2D eigenvalue weighted by molar-refractivity contribution is -0.384. The van der Waals surface area contributed by atoms with Crippen molar-refractivity contribution in [3.05, 3.63) is 33.9 Å². The van der Waals surface area contributed by atoms with E-state index in [-0.39, 0.29) is 18.2 Å². The third kappa shape index (κ3) is 3.66. The Bertz CT molecular complexity index is 496. The van der Waals surface area contributed by atoms with Crippen molar-refractivity contribution in [2.45, 2.75) is 20.5 Å². The first-order valence-electron chi connectivity index (χ1n) is 6.06. The van der Waals surface area contributed by atoms with Gasteiger partial charge in [-0.05, 0) is 25.5 Å². The molecule has 1 aromatic carbocycles. The van der Waals surface area contributed by atoms with E-state index in [0.717, 1.165) is 0 Å². The summed E-state index contributed by atoms with van der Waals surface area (Å²) in [4.78, 5) is 12.4. The second kappa shape index (κ2) is 6.71. The van der Waals surface area contributed by atoms with Crippen LogP contribution in [0.5, 0.6) is 0 Å². The van der Waals surface area contributed by atoms with Crippen molar-refractivity contribution in [1.29, 1.82) is 5.26 Å². The van der Waals surface area contributed by atoms with Gasteiger partial charge in [0.25, 0.3) is 5.69 Å². The largest absolute Gasteiger partial charge is 0.392 e. The zero-order valence-electron chi connectivity index (χ0n) is 11.0. The molecule has 1 rings (SSSR count). The van der Waals surface area contributed by atoms with Gasteiger partial charge in [0, 0.05) is 19.2 Å². The highest BCUT2D eigenvalue weighted by Gasteiger charge is 2.20. The number of benzene rings is 1. The Balaban J connectivity index is 3.16. The fraction of sp³-hybridized carbons (Fsp3) is 0.462. The van der Waals surface area contributed by atoms with Crippen LogP contribution in [0.4, 0.5) is 11.4 Å². The van der Waals surface area contributed by atoms with E-state index >= 15 is 0 Å². The van der Waals surface area contributed by atoms with Crippen LogP contribution in [0.25, 0.3) is 0 Å². The van der Waals surface area contributed by atoms with Gasteiger partial charge in [0.15, 0.2) is 0 Å². The summed E-state index contributed by atoms with van der Waals surface area (Å²) < 4.78 is 0. The van der Waals surface area contributed by atoms with Gasteiger partial charge in [0.2, 0.25) is 0 Å². The molecule has 0 aromatic heterocycles. The number of nitrogens with zero attached hydrogens (tertiary/aromatic N) is 3. The van der Waals surface area contributed by atoms with Crippen molar-refractivity contribution in [1.82, 2.24) is 0 Å². The van der Waals surface area contributed by atoms with Gasteiger partial charge in [0.05, 0.1) is 23.5 Å². The summed E-state index contributed by atoms with van der Waals surface area (Å²) >= 11 is 0. The molecule has 0 bridgehead atoms. The Hall–Kier alpha value is -2.13. The molecule has 0 amide bonds. The summed E-state index contributed by atoms with van der Waals surface area (Å²) in [7, 11) is 0. The fourth-order valence-corrected chi connectivity index (χ4v) is 1.85. The smallest absolute Gasteiger partial charge is 0.292 e. The van der Waals surface area contributed by atoms with Crippen LogP contribution in [0, 0.1) is 27.4 Å². The number of nitro groups is 1. The van der Waals surface area contributed by atoms with E-state index in [1.54, 1.807) is 24.0 Å². The number of rotatable bonds is 6. The average molecular weight is 263 g/mol. The van der Waals surface area contributed by atoms with Crippen molar-refractivity contribution in [2.75, 3.05) is 18.0 Å². The zero-order valence-corrected chi connectivity index (χ0v) is 11.0. The molecule has 0 aliphatic heterocycles. The normalized spacial score (nSPS) is 11.7. The molecule has 0 aliphatic rings. The van der Waals surface area contributed by atoms with Gasteiger partial charge in [0.1, 0.15) is 5.69 Å². The van der Waals surface area contributed by atoms with Crippen LogP contribution in [-0.2, 0) is 6.61 Å². The van der Waals surface area contributed by atoms with Gasteiger partial charge in [-0.15, -0.1) is 0 Å². The second-order valence-corrected chi connectivity index (χ2v) is 4.31. The lowest BCUT2D eigenvalue weighted by Crippen LogP contribution is -2.28. The number of nitriles is 1. The van der Waals surface area contributed by atoms with Crippen molar-refractivity contribution < 1.29 is 10.0 Å². The summed E-state index contributed by atoms with van der Waals surface area (Å²) in [5.41, 5.74) is 0.935. The predicted octanol–water partition coefficient (Wildman–Crippen LogP) is 2.07. The maximum atomic E-state index is 11.1. The molecule has 0 aliphatic carbocycles. The minimum Gasteiger partial charge on any atom is -0.392 e. The molecule has 102 valence electrons. The Kier molecular flexibility index (Phi) is 5.27. The van der Waals surface area contributed by atoms with E-state index in [2.05, 4.69) is 6.07 Å². The molecular weight excluding hydrogens is 246 g/mol. The van der Waals surface area contributed by atoms with Crippen molar-refractivity contribution in [3.63, 3.8) is 0 Å². The third-order valence-electron chi connectivity index (χ3n) is 2.86. The Labute approximate surface area is 112 Å². The van der Waals surface area contributed by atoms with Crippen molar-refractivity contribution in [2.24, 2.45) is 5.92 Å². The molecule has 0 saturated carbocycles. The second-order valence-electron chi connectivity index (χ2n) is 4.31. The van der Waals surface area contributed by atoms with Crippen LogP contribution in [0.1, 0.15) is 19.4 Å². The lowest BCUT2D eigenvalue weighted by Gasteiger charge is -2.24. The first-order chi connectivity index (χ1) is 9.03. The predicted molar refractivity (Wildman–Crippen MR) is 71.7 cm³/mol. The molecule has 0 fully saturated rings. The SMILES string of the molecule is CCN(CC(C)C#N)c1ccc(CO)cc1[N+](=O)[O-]. The maximum Gasteiger partial charge on any atom is 0.292 e. The van der Waals surface area contributed by atoms with E-state index in [0.29, 0.717) is 24.3 Å². The molecule has 1 unspecified atom stereocenters. The van der Waals surface area contributed by atoms with E-state index in [9.17, 15) is 10.1 Å². The summed E-state index contributed by atoms with van der Waals surface area (Å²) in [6.07, 6.45) is 0. The van der Waals surface area contributed by atoms with Crippen LogP contribution in [-0.4, -0.2) is 23.1 Å². The number of hydrogen-bond donors (Lipinski definition) is 1. The Morgan fingerprint density at radius 2 is 2.26 bits per heavy atom. The van der Waals surface area contributed by atoms with E-state index in [4.69, 9.17) is 10.4 Å². The molecule has 19 heavy (non-hydrogen) atoms. The molecule has 1 N–H and O–H groups in total. The molecule has 6 nitrogen and oxygen atoms in total. The molecule has 0 spiro atoms. The molecule has 0 radical (unpaired) electrons. The van der Waals surface area contributed by atoms with Crippen molar-refractivity contribution in [3.8, 4) is 6.07 Å². The average Bonchev–Trinajstić information content (AvgIpc) is 2.43. The van der Waals surface area contributed by atoms with Crippen LogP contribution < -0.4 is 4.90 Å². The van der Waals surface area contributed by atoms with Crippen LogP contribution in [0.2, 0.25) is 0 Å². The van der Waals surface area contributed by atoms with Crippen molar-refractivity contribution >= 4 is 11.4 Å². The summed E-state index contributed by atoms with van der Waals surface area (Å²) in [5, 5.41) is 29.0. The fourth-order valence-electron chi connectivity index (χ4n) is 1.85. The van der Waals surface area contributed by atoms with Gasteiger partial charge in [-0.3, -0.25) is 10.1 Å². The molecule has 6 heteroatoms. The minimum absolute atomic E-state index is 0.0430. The minimum atomic E-state index is -0.464. The number of aliphatic hydroxyl groups excluding tert-OH is 1. The highest BCUT2D eigenvalue weighted by atomic mass is 16.6. The first kappa shape index (κ1) is 14.9. The van der Waals surface area contributed by atoms with Crippen LogP contribution in [0.3, 0.4) is 0 Å². The standard InChI is InChI=1S/C13H17N3O3/c1-3-15(8-10(2)7-14)12-5-4-11(9-17)6-13(12)16(18)19/h4-6,10,17H,3,8-9H2,1-2H3. The summed E-state index contributed by atoms with van der Waals surface area (Å²) in [6.45, 7) is 4.43. The highest BCUT2D eigenvalue weighted by Crippen LogP contribution is 2.29. The number of aliphatic hydroxyl groups is 1. The van der Waals surface area contributed by atoms with Gasteiger partial charge < -0.3 is 10.0 Å². The van der Waals surface area contributed by atoms with Gasteiger partial charge in [-0.25, -0.2) is 0 Å². The van der Waals surface area contributed by atoms with E-state index in [1.807, 2.05) is 6.92 Å². The number of nitro benzene ring substituents is 1. The monoisotopic (exact) mass is 263 g/mol. The molecule has 0 heterocycles.